The molecule has 1 fully saturated rings. The van der Waals surface area contributed by atoms with Gasteiger partial charge in [0.1, 0.15) is 11.6 Å². The Hall–Kier alpha value is -3.19. The number of ether oxygens (including phenoxy) is 2. The number of amides is 1. The first-order chi connectivity index (χ1) is 15.0. The molecule has 0 N–H and O–H groups in total. The fourth-order valence-corrected chi connectivity index (χ4v) is 3.80. The summed E-state index contributed by atoms with van der Waals surface area (Å²) in [4.78, 5) is 33.2. The lowest BCUT2D eigenvalue weighted by Crippen LogP contribution is -2.40. The van der Waals surface area contributed by atoms with Gasteiger partial charge in [-0.15, -0.1) is 0 Å². The Balaban J connectivity index is 1.87. The molecule has 162 valence electrons. The summed E-state index contributed by atoms with van der Waals surface area (Å²) in [5.74, 6) is 1.37. The highest BCUT2D eigenvalue weighted by molar-refractivity contribution is 5.82. The number of carbonyl (C=O) groups is 1. The average Bonchev–Trinajstić information content (AvgIpc) is 3.64. The normalized spacial score (nSPS) is 14.4. The number of rotatable bonds is 8. The Labute approximate surface area is 181 Å². The van der Waals surface area contributed by atoms with Gasteiger partial charge < -0.3 is 14.4 Å². The maximum Gasteiger partial charge on any atom is 0.266 e. The number of hydrogen-bond donors (Lipinski definition) is 0. The van der Waals surface area contributed by atoms with Gasteiger partial charge in [0.2, 0.25) is 5.91 Å². The van der Waals surface area contributed by atoms with Crippen LogP contribution in [0.1, 0.15) is 31.6 Å². The first kappa shape index (κ1) is 21.1. The van der Waals surface area contributed by atoms with Crippen LogP contribution in [0.25, 0.3) is 16.6 Å². The quantitative estimate of drug-likeness (QED) is 0.558. The molecule has 1 unspecified atom stereocenters. The van der Waals surface area contributed by atoms with Crippen molar-refractivity contribution >= 4 is 16.8 Å². The summed E-state index contributed by atoms with van der Waals surface area (Å²) < 4.78 is 12.1. The van der Waals surface area contributed by atoms with E-state index < -0.39 is 6.04 Å². The van der Waals surface area contributed by atoms with Gasteiger partial charge in [0.05, 0.1) is 36.3 Å². The first-order valence-corrected chi connectivity index (χ1v) is 10.5. The summed E-state index contributed by atoms with van der Waals surface area (Å²) in [5.41, 5.74) is 1.13. The van der Waals surface area contributed by atoms with E-state index in [1.54, 1.807) is 29.8 Å². The highest BCUT2D eigenvalue weighted by Crippen LogP contribution is 2.34. The van der Waals surface area contributed by atoms with E-state index in [0.717, 1.165) is 12.8 Å². The topological polar surface area (TPSA) is 73.7 Å². The van der Waals surface area contributed by atoms with Crippen molar-refractivity contribution in [1.29, 1.82) is 0 Å². The van der Waals surface area contributed by atoms with E-state index in [-0.39, 0.29) is 17.4 Å². The van der Waals surface area contributed by atoms with Gasteiger partial charge in [0.15, 0.2) is 0 Å². The Morgan fingerprint density at radius 1 is 1.16 bits per heavy atom. The summed E-state index contributed by atoms with van der Waals surface area (Å²) in [6, 6.07) is 14.2. The zero-order valence-electron chi connectivity index (χ0n) is 18.1. The summed E-state index contributed by atoms with van der Waals surface area (Å²) in [5, 5.41) is 0.534. The minimum atomic E-state index is -0.400. The summed E-state index contributed by atoms with van der Waals surface area (Å²) in [7, 11) is 3.22. The fraction of sp³-hybridized carbons (Fsp3) is 0.375. The van der Waals surface area contributed by atoms with E-state index >= 15 is 0 Å². The van der Waals surface area contributed by atoms with Gasteiger partial charge in [-0.05, 0) is 56.2 Å². The number of methoxy groups -OCH3 is 2. The molecule has 4 rings (SSSR count). The van der Waals surface area contributed by atoms with Crippen molar-refractivity contribution in [2.24, 2.45) is 5.92 Å². The van der Waals surface area contributed by atoms with E-state index in [0.29, 0.717) is 41.3 Å². The highest BCUT2D eigenvalue weighted by Gasteiger charge is 2.36. The lowest BCUT2D eigenvalue weighted by atomic mass is 10.1. The molecule has 2 aromatic carbocycles. The van der Waals surface area contributed by atoms with Crippen LogP contribution in [-0.4, -0.2) is 47.7 Å². The number of aromatic nitrogens is 2. The van der Waals surface area contributed by atoms with Gasteiger partial charge in [-0.2, -0.15) is 0 Å². The van der Waals surface area contributed by atoms with E-state index in [2.05, 4.69) is 0 Å². The Morgan fingerprint density at radius 2 is 1.87 bits per heavy atom. The second-order valence-corrected chi connectivity index (χ2v) is 7.80. The molecule has 0 radical (unpaired) electrons. The van der Waals surface area contributed by atoms with Crippen molar-refractivity contribution in [3.63, 3.8) is 0 Å². The van der Waals surface area contributed by atoms with Crippen molar-refractivity contribution in [2.75, 3.05) is 27.4 Å². The predicted octanol–water partition coefficient (Wildman–Crippen LogP) is 3.34. The molecule has 0 spiro atoms. The number of fused-ring (bicyclic) bond motifs is 1. The molecule has 1 amide bonds. The van der Waals surface area contributed by atoms with Gasteiger partial charge in [-0.25, -0.2) is 4.98 Å². The molecule has 1 saturated carbocycles. The van der Waals surface area contributed by atoms with E-state index in [1.807, 2.05) is 49.4 Å². The van der Waals surface area contributed by atoms with Crippen LogP contribution < -0.4 is 10.3 Å². The van der Waals surface area contributed by atoms with E-state index in [9.17, 15) is 9.59 Å². The fourth-order valence-electron chi connectivity index (χ4n) is 3.80. The average molecular weight is 421 g/mol. The van der Waals surface area contributed by atoms with E-state index in [1.165, 1.54) is 0 Å². The molecule has 7 heteroatoms. The molecule has 0 aliphatic heterocycles. The van der Waals surface area contributed by atoms with Crippen LogP contribution in [0.15, 0.2) is 53.3 Å². The molecule has 1 heterocycles. The first-order valence-electron chi connectivity index (χ1n) is 10.5. The second kappa shape index (κ2) is 8.89. The van der Waals surface area contributed by atoms with Crippen LogP contribution in [0, 0.1) is 5.92 Å². The van der Waals surface area contributed by atoms with Crippen molar-refractivity contribution in [1.82, 2.24) is 14.5 Å². The molecule has 0 bridgehead atoms. The van der Waals surface area contributed by atoms with Crippen LogP contribution in [-0.2, 0) is 9.53 Å². The number of carbonyl (C=O) groups excluding carboxylic acids is 1. The minimum Gasteiger partial charge on any atom is -0.497 e. The molecule has 1 atom stereocenters. The van der Waals surface area contributed by atoms with Gasteiger partial charge in [-0.3, -0.25) is 14.2 Å². The molecular formula is C24H27N3O4. The van der Waals surface area contributed by atoms with Gasteiger partial charge in [0.25, 0.3) is 5.56 Å². The van der Waals surface area contributed by atoms with Crippen LogP contribution in [0.5, 0.6) is 5.75 Å². The Morgan fingerprint density at radius 3 is 2.52 bits per heavy atom. The van der Waals surface area contributed by atoms with Gasteiger partial charge in [0, 0.05) is 19.6 Å². The third-order valence-corrected chi connectivity index (χ3v) is 5.72. The molecule has 1 aliphatic carbocycles. The molecule has 1 aliphatic rings. The molecule has 0 saturated heterocycles. The summed E-state index contributed by atoms with van der Waals surface area (Å²) in [6.07, 6.45) is 1.82. The maximum atomic E-state index is 13.5. The maximum absolute atomic E-state index is 13.5. The van der Waals surface area contributed by atoms with Gasteiger partial charge >= 0.3 is 0 Å². The number of para-hydroxylation sites is 1. The van der Waals surface area contributed by atoms with Crippen molar-refractivity contribution < 1.29 is 14.3 Å². The zero-order chi connectivity index (χ0) is 22.0. The molecular weight excluding hydrogens is 394 g/mol. The lowest BCUT2D eigenvalue weighted by molar-refractivity contribution is -0.135. The largest absolute Gasteiger partial charge is 0.497 e. The van der Waals surface area contributed by atoms with Crippen LogP contribution in [0.4, 0.5) is 0 Å². The summed E-state index contributed by atoms with van der Waals surface area (Å²) in [6.45, 7) is 2.79. The van der Waals surface area contributed by atoms with Crippen LogP contribution in [0.2, 0.25) is 0 Å². The second-order valence-electron chi connectivity index (χ2n) is 7.80. The molecule has 31 heavy (non-hydrogen) atoms. The summed E-state index contributed by atoms with van der Waals surface area (Å²) >= 11 is 0. The molecule has 7 nitrogen and oxygen atoms in total. The molecule has 3 aromatic rings. The van der Waals surface area contributed by atoms with E-state index in [4.69, 9.17) is 14.5 Å². The monoisotopic (exact) mass is 421 g/mol. The SMILES string of the molecule is COCCN(C(=O)C1CC1)C(C)c1nc2ccccc2c(=O)n1-c1ccc(OC)cc1. The third kappa shape index (κ3) is 4.18. The Kier molecular flexibility index (Phi) is 6.04. The highest BCUT2D eigenvalue weighted by atomic mass is 16.5. The Bertz CT molecular complexity index is 1140. The zero-order valence-corrected chi connectivity index (χ0v) is 18.1. The minimum absolute atomic E-state index is 0.0564. The van der Waals surface area contributed by atoms with Crippen molar-refractivity contribution in [2.45, 2.75) is 25.8 Å². The van der Waals surface area contributed by atoms with Crippen molar-refractivity contribution in [3.8, 4) is 11.4 Å². The van der Waals surface area contributed by atoms with Crippen molar-refractivity contribution in [3.05, 3.63) is 64.7 Å². The third-order valence-electron chi connectivity index (χ3n) is 5.72. The predicted molar refractivity (Wildman–Crippen MR) is 119 cm³/mol. The number of hydrogen-bond acceptors (Lipinski definition) is 5. The van der Waals surface area contributed by atoms with Crippen LogP contribution >= 0.6 is 0 Å². The smallest absolute Gasteiger partial charge is 0.266 e. The number of nitrogens with zero attached hydrogens (tertiary/aromatic N) is 3. The number of benzene rings is 2. The standard InChI is InChI=1S/C24H27N3O4/c1-16(26(14-15-30-2)23(28)17-8-9-17)22-25-21-7-5-4-6-20(21)24(29)27(22)18-10-12-19(31-3)13-11-18/h4-7,10-13,16-17H,8-9,14-15H2,1-3H3. The molecule has 1 aromatic heterocycles. The lowest BCUT2D eigenvalue weighted by Gasteiger charge is -2.30. The van der Waals surface area contributed by atoms with Gasteiger partial charge in [-0.1, -0.05) is 12.1 Å². The van der Waals surface area contributed by atoms with Crippen LogP contribution in [0.3, 0.4) is 0 Å².